The summed E-state index contributed by atoms with van der Waals surface area (Å²) in [5.41, 5.74) is 0.626. The van der Waals surface area contributed by atoms with Crippen molar-refractivity contribution in [2.45, 2.75) is 39.7 Å². The highest BCUT2D eigenvalue weighted by Gasteiger charge is 2.25. The van der Waals surface area contributed by atoms with Crippen LogP contribution >= 0.6 is 11.3 Å². The van der Waals surface area contributed by atoms with Crippen LogP contribution in [0.3, 0.4) is 0 Å². The molecule has 0 aliphatic carbocycles. The summed E-state index contributed by atoms with van der Waals surface area (Å²) in [6.07, 6.45) is 0.146. The number of nitrogens with one attached hydrogen (secondary N) is 1. The number of rotatable bonds is 6. The van der Waals surface area contributed by atoms with E-state index in [-0.39, 0.29) is 24.8 Å². The van der Waals surface area contributed by atoms with Gasteiger partial charge < -0.3 is 14.8 Å². The fourth-order valence-electron chi connectivity index (χ4n) is 1.80. The topological polar surface area (TPSA) is 75.4 Å². The lowest BCUT2D eigenvalue weighted by atomic mass is 9.92. The number of nitrogens with zero attached hydrogens (tertiary/aromatic N) is 1. The summed E-state index contributed by atoms with van der Waals surface area (Å²) < 4.78 is 5.61. The van der Waals surface area contributed by atoms with Gasteiger partial charge in [-0.2, -0.15) is 11.3 Å². The molecule has 1 amide bonds. The average molecular weight is 322 g/mol. The van der Waals surface area contributed by atoms with E-state index < -0.39 is 5.60 Å². The van der Waals surface area contributed by atoms with E-state index in [0.717, 1.165) is 5.56 Å². The Morgan fingerprint density at radius 2 is 2.27 bits per heavy atom. The molecule has 1 atom stereocenters. The third kappa shape index (κ3) is 3.96. The third-order valence-electron chi connectivity index (χ3n) is 3.88. The number of hydrogen-bond donors (Lipinski definition) is 2. The lowest BCUT2D eigenvalue weighted by molar-refractivity contribution is -0.122. The second kappa shape index (κ2) is 6.62. The van der Waals surface area contributed by atoms with Crippen molar-refractivity contribution in [2.24, 2.45) is 5.92 Å². The van der Waals surface area contributed by atoms with Gasteiger partial charge in [-0.3, -0.25) is 4.79 Å². The van der Waals surface area contributed by atoms with Gasteiger partial charge in [-0.1, -0.05) is 13.8 Å². The molecule has 0 aliphatic rings. The summed E-state index contributed by atoms with van der Waals surface area (Å²) in [7, 11) is 0. The Kier molecular flexibility index (Phi) is 5.03. The maximum Gasteiger partial charge on any atom is 0.227 e. The third-order valence-corrected chi connectivity index (χ3v) is 4.56. The van der Waals surface area contributed by atoms with Gasteiger partial charge in [-0.25, -0.2) is 4.98 Å². The number of hydrogen-bond acceptors (Lipinski definition) is 5. The van der Waals surface area contributed by atoms with Crippen LogP contribution < -0.4 is 5.32 Å². The number of aryl methyl sites for hydroxylation is 1. The fourth-order valence-corrected chi connectivity index (χ4v) is 2.43. The van der Waals surface area contributed by atoms with Crippen molar-refractivity contribution in [1.29, 1.82) is 0 Å². The predicted octanol–water partition coefficient (Wildman–Crippen LogP) is 2.78. The first-order chi connectivity index (χ1) is 10.3. The number of amides is 1. The van der Waals surface area contributed by atoms with Crippen LogP contribution in [0.2, 0.25) is 0 Å². The summed E-state index contributed by atoms with van der Waals surface area (Å²) >= 11 is 1.57. The largest absolute Gasteiger partial charge is 0.441 e. The summed E-state index contributed by atoms with van der Waals surface area (Å²) in [6, 6.07) is 1.93. The zero-order valence-corrected chi connectivity index (χ0v) is 14.2. The zero-order chi connectivity index (χ0) is 16.3. The van der Waals surface area contributed by atoms with E-state index in [1.165, 1.54) is 0 Å². The lowest BCUT2D eigenvalue weighted by Crippen LogP contribution is -2.44. The van der Waals surface area contributed by atoms with Crippen LogP contribution in [-0.2, 0) is 11.2 Å². The number of thiophene rings is 1. The van der Waals surface area contributed by atoms with Gasteiger partial charge in [-0.15, -0.1) is 0 Å². The highest BCUT2D eigenvalue weighted by atomic mass is 32.1. The van der Waals surface area contributed by atoms with Crippen LogP contribution in [0.4, 0.5) is 0 Å². The van der Waals surface area contributed by atoms with Crippen molar-refractivity contribution in [3.63, 3.8) is 0 Å². The number of carbonyl (C=O) groups excluding carboxylic acids is 1. The van der Waals surface area contributed by atoms with Gasteiger partial charge in [0.15, 0.2) is 0 Å². The van der Waals surface area contributed by atoms with E-state index in [1.807, 2.05) is 30.7 Å². The fraction of sp³-hybridized carbons (Fsp3) is 0.500. The van der Waals surface area contributed by atoms with Gasteiger partial charge >= 0.3 is 0 Å². The van der Waals surface area contributed by atoms with Crippen LogP contribution in [0.5, 0.6) is 0 Å². The van der Waals surface area contributed by atoms with Crippen LogP contribution in [0, 0.1) is 12.8 Å². The molecule has 2 N–H and O–H groups in total. The Bertz CT molecular complexity index is 630. The Balaban J connectivity index is 1.98. The van der Waals surface area contributed by atoms with E-state index in [1.54, 1.807) is 25.2 Å². The molecule has 0 saturated carbocycles. The first-order valence-electron chi connectivity index (χ1n) is 7.27. The summed E-state index contributed by atoms with van der Waals surface area (Å²) in [6.45, 7) is 7.57. The van der Waals surface area contributed by atoms with Gasteiger partial charge in [0, 0.05) is 17.5 Å². The highest BCUT2D eigenvalue weighted by Crippen LogP contribution is 2.24. The first-order valence-corrected chi connectivity index (χ1v) is 8.22. The lowest BCUT2D eigenvalue weighted by Gasteiger charge is -2.27. The molecule has 22 heavy (non-hydrogen) atoms. The van der Waals surface area contributed by atoms with Crippen LogP contribution in [0.15, 0.2) is 21.2 Å². The minimum Gasteiger partial charge on any atom is -0.441 e. The van der Waals surface area contributed by atoms with E-state index >= 15 is 0 Å². The monoisotopic (exact) mass is 322 g/mol. The van der Waals surface area contributed by atoms with Crippen molar-refractivity contribution in [2.75, 3.05) is 6.54 Å². The highest BCUT2D eigenvalue weighted by molar-refractivity contribution is 7.08. The molecule has 0 spiro atoms. The van der Waals surface area contributed by atoms with Crippen molar-refractivity contribution in [3.05, 3.63) is 28.3 Å². The minimum atomic E-state index is -0.920. The molecule has 2 rings (SSSR count). The molecule has 0 aromatic carbocycles. The van der Waals surface area contributed by atoms with Crippen LogP contribution in [0.1, 0.15) is 32.2 Å². The maximum absolute atomic E-state index is 12.0. The first kappa shape index (κ1) is 16.7. The number of carbonyl (C=O) groups is 1. The standard InChI is InChI=1S/C16H22N2O3S/c1-10(2)16(4,20)9-17-14(19)7-13-11(3)21-15(18-13)12-5-6-22-8-12/h5-6,8,10,20H,7,9H2,1-4H3,(H,17,19). The Labute approximate surface area is 134 Å². The van der Waals surface area contributed by atoms with Gasteiger partial charge in [0.05, 0.1) is 17.7 Å². The van der Waals surface area contributed by atoms with Gasteiger partial charge in [0.1, 0.15) is 5.76 Å². The minimum absolute atomic E-state index is 0.0618. The summed E-state index contributed by atoms with van der Waals surface area (Å²) in [5.74, 6) is 1.07. The van der Waals surface area contributed by atoms with E-state index in [0.29, 0.717) is 17.3 Å². The normalized spacial score (nSPS) is 14.1. The van der Waals surface area contributed by atoms with Gasteiger partial charge in [0.25, 0.3) is 0 Å². The molecule has 6 heteroatoms. The van der Waals surface area contributed by atoms with E-state index in [2.05, 4.69) is 10.3 Å². The second-order valence-electron chi connectivity index (χ2n) is 6.00. The summed E-state index contributed by atoms with van der Waals surface area (Å²) in [4.78, 5) is 16.4. The maximum atomic E-state index is 12.0. The average Bonchev–Trinajstić information content (AvgIpc) is 3.07. The predicted molar refractivity (Wildman–Crippen MR) is 86.7 cm³/mol. The van der Waals surface area contributed by atoms with Gasteiger partial charge in [0.2, 0.25) is 11.8 Å². The quantitative estimate of drug-likeness (QED) is 0.857. The van der Waals surface area contributed by atoms with E-state index in [4.69, 9.17) is 4.42 Å². The molecule has 0 fully saturated rings. The molecule has 0 radical (unpaired) electrons. The molecule has 2 aromatic heterocycles. The SMILES string of the molecule is Cc1oc(-c2ccsc2)nc1CC(=O)NCC(C)(O)C(C)C. The molecular formula is C16H22N2O3S. The smallest absolute Gasteiger partial charge is 0.227 e. The molecule has 0 aliphatic heterocycles. The Morgan fingerprint density at radius 1 is 1.55 bits per heavy atom. The number of oxazole rings is 1. The Morgan fingerprint density at radius 3 is 2.86 bits per heavy atom. The zero-order valence-electron chi connectivity index (χ0n) is 13.3. The molecule has 2 aromatic rings. The molecule has 1 unspecified atom stereocenters. The van der Waals surface area contributed by atoms with Crippen molar-refractivity contribution in [3.8, 4) is 11.5 Å². The number of aromatic nitrogens is 1. The van der Waals surface area contributed by atoms with E-state index in [9.17, 15) is 9.90 Å². The van der Waals surface area contributed by atoms with Crippen molar-refractivity contribution in [1.82, 2.24) is 10.3 Å². The van der Waals surface area contributed by atoms with Crippen LogP contribution in [-0.4, -0.2) is 28.1 Å². The second-order valence-corrected chi connectivity index (χ2v) is 6.78. The molecule has 0 saturated heterocycles. The van der Waals surface area contributed by atoms with Crippen molar-refractivity contribution < 1.29 is 14.3 Å². The molecule has 0 bridgehead atoms. The molecule has 120 valence electrons. The van der Waals surface area contributed by atoms with Crippen molar-refractivity contribution >= 4 is 17.2 Å². The summed E-state index contributed by atoms with van der Waals surface area (Å²) in [5, 5.41) is 16.8. The van der Waals surface area contributed by atoms with Crippen LogP contribution in [0.25, 0.3) is 11.5 Å². The van der Waals surface area contributed by atoms with Gasteiger partial charge in [-0.05, 0) is 31.2 Å². The Hall–Kier alpha value is -1.66. The molecular weight excluding hydrogens is 300 g/mol. The molecule has 2 heterocycles. The number of aliphatic hydroxyl groups is 1. The molecule has 5 nitrogen and oxygen atoms in total.